The van der Waals surface area contributed by atoms with E-state index in [0.29, 0.717) is 0 Å². The third kappa shape index (κ3) is 3.41. The van der Waals surface area contributed by atoms with Crippen LogP contribution in [0.1, 0.15) is 37.0 Å². The number of carbonyl (C=O) groups excluding carboxylic acids is 1. The van der Waals surface area contributed by atoms with Crippen molar-refractivity contribution in [3.8, 4) is 0 Å². The Morgan fingerprint density at radius 3 is 1.42 bits per heavy atom. The molecular formula is C24H25NO. The van der Waals surface area contributed by atoms with Crippen LogP contribution in [-0.2, 0) is 10.3 Å². The maximum Gasteiger partial charge on any atom is 0.224 e. The molecule has 0 saturated heterocycles. The molecule has 0 aliphatic carbocycles. The first-order valence-electron chi connectivity index (χ1n) is 9.17. The van der Waals surface area contributed by atoms with E-state index < -0.39 is 5.54 Å². The molecule has 0 aliphatic heterocycles. The van der Waals surface area contributed by atoms with Crippen LogP contribution < -0.4 is 5.32 Å². The minimum Gasteiger partial charge on any atom is -0.338 e. The van der Waals surface area contributed by atoms with Gasteiger partial charge in [0.1, 0.15) is 5.54 Å². The molecule has 132 valence electrons. The maximum absolute atomic E-state index is 13.0. The lowest BCUT2D eigenvalue weighted by molar-refractivity contribution is -0.125. The minimum absolute atomic E-state index is 0.0505. The summed E-state index contributed by atoms with van der Waals surface area (Å²) in [6.07, 6.45) is 0.806. The number of hydrogen-bond donors (Lipinski definition) is 1. The van der Waals surface area contributed by atoms with Crippen LogP contribution in [0.4, 0.5) is 0 Å². The van der Waals surface area contributed by atoms with E-state index in [1.54, 1.807) is 0 Å². The van der Waals surface area contributed by atoms with Crippen molar-refractivity contribution in [2.75, 3.05) is 0 Å². The summed E-state index contributed by atoms with van der Waals surface area (Å²) in [5.74, 6) is 0.00886. The van der Waals surface area contributed by atoms with Crippen molar-refractivity contribution in [3.05, 3.63) is 108 Å². The zero-order valence-corrected chi connectivity index (χ0v) is 15.4. The first kappa shape index (κ1) is 17.9. The topological polar surface area (TPSA) is 29.1 Å². The van der Waals surface area contributed by atoms with Gasteiger partial charge in [-0.2, -0.15) is 0 Å². The van der Waals surface area contributed by atoms with Gasteiger partial charge in [0, 0.05) is 5.92 Å². The molecule has 0 spiro atoms. The molecule has 0 fully saturated rings. The van der Waals surface area contributed by atoms with E-state index in [1.165, 1.54) is 0 Å². The molecule has 0 saturated carbocycles. The van der Waals surface area contributed by atoms with Gasteiger partial charge in [-0.25, -0.2) is 0 Å². The summed E-state index contributed by atoms with van der Waals surface area (Å²) >= 11 is 0. The molecule has 26 heavy (non-hydrogen) atoms. The molecule has 3 rings (SSSR count). The summed E-state index contributed by atoms with van der Waals surface area (Å²) in [4.78, 5) is 13.0. The molecule has 1 N–H and O–H groups in total. The van der Waals surface area contributed by atoms with E-state index in [9.17, 15) is 4.79 Å². The summed E-state index contributed by atoms with van der Waals surface area (Å²) in [5.41, 5.74) is 2.43. The van der Waals surface area contributed by atoms with Crippen LogP contribution in [0.3, 0.4) is 0 Å². The lowest BCUT2D eigenvalue weighted by Crippen LogP contribution is -2.49. The molecule has 3 aromatic rings. The molecule has 2 heteroatoms. The Bertz CT molecular complexity index is 731. The van der Waals surface area contributed by atoms with Crippen LogP contribution >= 0.6 is 0 Å². The second-order valence-electron chi connectivity index (χ2n) is 6.65. The Labute approximate surface area is 155 Å². The molecule has 0 heterocycles. The highest BCUT2D eigenvalue weighted by molar-refractivity contribution is 5.81. The fraction of sp³-hybridized carbons (Fsp3) is 0.208. The number of benzene rings is 3. The second-order valence-corrected chi connectivity index (χ2v) is 6.65. The Balaban J connectivity index is 2.26. The minimum atomic E-state index is -0.718. The summed E-state index contributed by atoms with van der Waals surface area (Å²) < 4.78 is 0. The third-order valence-electron chi connectivity index (χ3n) is 4.99. The molecule has 0 bridgehead atoms. The SMILES string of the molecule is CCC(C)C(=O)NC(c1ccccc1)(c1ccccc1)c1ccccc1. The Morgan fingerprint density at radius 1 is 0.769 bits per heavy atom. The number of hydrogen-bond acceptors (Lipinski definition) is 1. The van der Waals surface area contributed by atoms with E-state index in [-0.39, 0.29) is 11.8 Å². The molecule has 1 unspecified atom stereocenters. The highest BCUT2D eigenvalue weighted by atomic mass is 16.2. The first-order chi connectivity index (χ1) is 12.7. The highest BCUT2D eigenvalue weighted by Crippen LogP contribution is 2.37. The van der Waals surface area contributed by atoms with Gasteiger partial charge in [0.2, 0.25) is 5.91 Å². The van der Waals surface area contributed by atoms with Crippen LogP contribution in [-0.4, -0.2) is 5.91 Å². The Kier molecular flexibility index (Phi) is 5.52. The van der Waals surface area contributed by atoms with Crippen LogP contribution in [0.5, 0.6) is 0 Å². The largest absolute Gasteiger partial charge is 0.338 e. The second kappa shape index (κ2) is 8.01. The third-order valence-corrected chi connectivity index (χ3v) is 4.99. The van der Waals surface area contributed by atoms with E-state index >= 15 is 0 Å². The molecule has 1 atom stereocenters. The number of amides is 1. The maximum atomic E-state index is 13.0. The zero-order valence-electron chi connectivity index (χ0n) is 15.4. The lowest BCUT2D eigenvalue weighted by Gasteiger charge is -2.37. The van der Waals surface area contributed by atoms with E-state index in [4.69, 9.17) is 0 Å². The van der Waals surface area contributed by atoms with Crippen molar-refractivity contribution in [1.82, 2.24) is 5.32 Å². The Hall–Kier alpha value is -2.87. The van der Waals surface area contributed by atoms with Gasteiger partial charge < -0.3 is 5.32 Å². The smallest absolute Gasteiger partial charge is 0.224 e. The molecule has 0 aliphatic rings. The number of carbonyl (C=O) groups is 1. The monoisotopic (exact) mass is 343 g/mol. The summed E-state index contributed by atoms with van der Waals surface area (Å²) in [5, 5.41) is 3.39. The van der Waals surface area contributed by atoms with E-state index in [1.807, 2.05) is 68.4 Å². The average molecular weight is 343 g/mol. The molecule has 2 nitrogen and oxygen atoms in total. The van der Waals surface area contributed by atoms with Crippen LogP contribution in [0.15, 0.2) is 91.0 Å². The van der Waals surface area contributed by atoms with Gasteiger partial charge >= 0.3 is 0 Å². The standard InChI is InChI=1S/C24H25NO/c1-3-19(2)23(26)25-24(20-13-7-4-8-14-20,21-15-9-5-10-16-21)22-17-11-6-12-18-22/h4-19H,3H2,1-2H3,(H,25,26). The first-order valence-corrected chi connectivity index (χ1v) is 9.17. The normalized spacial score (nSPS) is 12.4. The summed E-state index contributed by atoms with van der Waals surface area (Å²) in [6, 6.07) is 30.6. The number of nitrogens with one attached hydrogen (secondary N) is 1. The molecule has 0 radical (unpaired) electrons. The van der Waals surface area contributed by atoms with Crippen molar-refractivity contribution in [2.45, 2.75) is 25.8 Å². The van der Waals surface area contributed by atoms with Gasteiger partial charge in [-0.3, -0.25) is 4.79 Å². The van der Waals surface area contributed by atoms with Crippen LogP contribution in [0, 0.1) is 5.92 Å². The van der Waals surface area contributed by atoms with Crippen molar-refractivity contribution < 1.29 is 4.79 Å². The molecule has 1 amide bonds. The van der Waals surface area contributed by atoms with Gasteiger partial charge in [0.05, 0.1) is 0 Å². The molecule has 3 aromatic carbocycles. The molecular weight excluding hydrogens is 318 g/mol. The van der Waals surface area contributed by atoms with Gasteiger partial charge in [-0.05, 0) is 23.1 Å². The van der Waals surface area contributed by atoms with Crippen molar-refractivity contribution in [1.29, 1.82) is 0 Å². The van der Waals surface area contributed by atoms with Crippen LogP contribution in [0.25, 0.3) is 0 Å². The van der Waals surface area contributed by atoms with Gasteiger partial charge in [-0.1, -0.05) is 105 Å². The van der Waals surface area contributed by atoms with Crippen molar-refractivity contribution in [2.24, 2.45) is 5.92 Å². The van der Waals surface area contributed by atoms with Gasteiger partial charge in [0.25, 0.3) is 0 Å². The summed E-state index contributed by atoms with van der Waals surface area (Å²) in [6.45, 7) is 4.01. The highest BCUT2D eigenvalue weighted by Gasteiger charge is 2.38. The summed E-state index contributed by atoms with van der Waals surface area (Å²) in [7, 11) is 0. The zero-order chi connectivity index (χ0) is 18.4. The van der Waals surface area contributed by atoms with Gasteiger partial charge in [-0.15, -0.1) is 0 Å². The van der Waals surface area contributed by atoms with Crippen molar-refractivity contribution >= 4 is 5.91 Å². The Morgan fingerprint density at radius 2 is 1.12 bits per heavy atom. The van der Waals surface area contributed by atoms with Crippen molar-refractivity contribution in [3.63, 3.8) is 0 Å². The predicted octanol–water partition coefficient (Wildman–Crippen LogP) is 5.14. The van der Waals surface area contributed by atoms with Gasteiger partial charge in [0.15, 0.2) is 0 Å². The fourth-order valence-corrected chi connectivity index (χ4v) is 3.27. The average Bonchev–Trinajstić information content (AvgIpc) is 2.73. The van der Waals surface area contributed by atoms with E-state index in [0.717, 1.165) is 23.1 Å². The van der Waals surface area contributed by atoms with Crippen LogP contribution in [0.2, 0.25) is 0 Å². The van der Waals surface area contributed by atoms with E-state index in [2.05, 4.69) is 41.7 Å². The number of rotatable bonds is 6. The predicted molar refractivity (Wildman–Crippen MR) is 107 cm³/mol. The quantitative estimate of drug-likeness (QED) is 0.617. The fourth-order valence-electron chi connectivity index (χ4n) is 3.27. The molecule has 0 aromatic heterocycles. The lowest BCUT2D eigenvalue weighted by atomic mass is 9.76.